The molecule has 0 heterocycles. The Morgan fingerprint density at radius 1 is 1.36 bits per heavy atom. The molecule has 0 spiro atoms. The number of aliphatic hydroxyl groups excluding tert-OH is 1. The van der Waals surface area contributed by atoms with Gasteiger partial charge in [0.2, 0.25) is 0 Å². The van der Waals surface area contributed by atoms with Crippen molar-refractivity contribution in [3.8, 4) is 0 Å². The number of halogens is 3. The van der Waals surface area contributed by atoms with Crippen LogP contribution in [-0.4, -0.2) is 35.1 Å². The van der Waals surface area contributed by atoms with Crippen LogP contribution in [0.5, 0.6) is 0 Å². The lowest BCUT2D eigenvalue weighted by Crippen LogP contribution is -2.46. The highest BCUT2D eigenvalue weighted by Crippen LogP contribution is 2.29. The lowest BCUT2D eigenvalue weighted by atomic mass is 10.0. The normalized spacial score (nSPS) is 16.7. The van der Waals surface area contributed by atoms with Gasteiger partial charge in [0.15, 0.2) is 0 Å². The zero-order valence-electron chi connectivity index (χ0n) is 8.32. The Bertz CT molecular complexity index is 159. The van der Waals surface area contributed by atoms with Crippen molar-refractivity contribution in [2.75, 3.05) is 18.9 Å². The second kappa shape index (κ2) is 5.82. The molecule has 0 radical (unpaired) electrons. The molecule has 0 rings (SSSR count). The summed E-state index contributed by atoms with van der Waals surface area (Å²) in [4.78, 5) is 0. The van der Waals surface area contributed by atoms with E-state index in [2.05, 4.69) is 5.32 Å². The van der Waals surface area contributed by atoms with Gasteiger partial charge < -0.3 is 10.4 Å². The quantitative estimate of drug-likeness (QED) is 0.686. The first kappa shape index (κ1) is 14.1. The summed E-state index contributed by atoms with van der Waals surface area (Å²) in [5.41, 5.74) is -4.63. The third-order valence-corrected chi connectivity index (χ3v) is 2.78. The van der Waals surface area contributed by atoms with Crippen LogP contribution < -0.4 is 5.32 Å². The second-order valence-corrected chi connectivity index (χ2v) is 4.45. The van der Waals surface area contributed by atoms with Crippen molar-refractivity contribution < 1.29 is 18.3 Å². The summed E-state index contributed by atoms with van der Waals surface area (Å²) in [6.07, 6.45) is 0.681. The van der Waals surface area contributed by atoms with Gasteiger partial charge in [0.25, 0.3) is 0 Å². The number of alkyl halides is 3. The Morgan fingerprint density at radius 2 is 1.93 bits per heavy atom. The summed E-state index contributed by atoms with van der Waals surface area (Å²) in [6, 6.07) is 0. The fourth-order valence-electron chi connectivity index (χ4n) is 0.812. The molecule has 0 saturated heterocycles. The lowest BCUT2D eigenvalue weighted by molar-refractivity contribution is -0.0327. The molecule has 0 fully saturated rings. The Labute approximate surface area is 86.3 Å². The first-order valence-electron chi connectivity index (χ1n) is 4.39. The van der Waals surface area contributed by atoms with E-state index in [9.17, 15) is 13.2 Å². The second-order valence-electron chi connectivity index (χ2n) is 3.29. The number of aliphatic hydroxyl groups is 1. The van der Waals surface area contributed by atoms with Gasteiger partial charge in [-0.05, 0) is 25.1 Å². The molecule has 0 saturated carbocycles. The van der Waals surface area contributed by atoms with Crippen LogP contribution in [0.1, 0.15) is 20.3 Å². The largest absolute Gasteiger partial charge is 0.441 e. The van der Waals surface area contributed by atoms with Crippen molar-refractivity contribution in [3.63, 3.8) is 0 Å². The van der Waals surface area contributed by atoms with E-state index in [0.29, 0.717) is 6.42 Å². The van der Waals surface area contributed by atoms with Crippen LogP contribution in [0, 0.1) is 0 Å². The van der Waals surface area contributed by atoms with E-state index in [4.69, 9.17) is 5.11 Å². The van der Waals surface area contributed by atoms with Crippen molar-refractivity contribution in [1.82, 2.24) is 5.32 Å². The predicted octanol–water partition coefficient (Wildman–Crippen LogP) is 1.99. The van der Waals surface area contributed by atoms with Gasteiger partial charge in [-0.1, -0.05) is 6.92 Å². The van der Waals surface area contributed by atoms with Crippen LogP contribution in [0.3, 0.4) is 0 Å². The maximum atomic E-state index is 11.7. The summed E-state index contributed by atoms with van der Waals surface area (Å²) in [7, 11) is 0. The highest BCUT2D eigenvalue weighted by Gasteiger charge is 2.28. The third kappa shape index (κ3) is 6.50. The van der Waals surface area contributed by atoms with Crippen LogP contribution in [0.25, 0.3) is 0 Å². The van der Waals surface area contributed by atoms with Gasteiger partial charge in [0, 0.05) is 17.8 Å². The Morgan fingerprint density at radius 3 is 2.29 bits per heavy atom. The van der Waals surface area contributed by atoms with Crippen LogP contribution in [-0.2, 0) is 0 Å². The van der Waals surface area contributed by atoms with E-state index in [1.165, 1.54) is 0 Å². The van der Waals surface area contributed by atoms with Crippen molar-refractivity contribution >= 4 is 11.8 Å². The minimum atomic E-state index is -4.16. The molecule has 14 heavy (non-hydrogen) atoms. The van der Waals surface area contributed by atoms with E-state index < -0.39 is 11.0 Å². The summed E-state index contributed by atoms with van der Waals surface area (Å²) >= 11 is -0.0489. The molecular weight excluding hydrogens is 215 g/mol. The molecule has 2 nitrogen and oxygen atoms in total. The average molecular weight is 231 g/mol. The summed E-state index contributed by atoms with van der Waals surface area (Å²) in [6.45, 7) is 3.83. The summed E-state index contributed by atoms with van der Waals surface area (Å²) in [5, 5.41) is 11.9. The molecule has 0 aliphatic carbocycles. The lowest BCUT2D eigenvalue weighted by Gasteiger charge is -2.27. The van der Waals surface area contributed by atoms with Crippen LogP contribution in [0.4, 0.5) is 13.2 Å². The molecular formula is C8H16F3NOS. The third-order valence-electron chi connectivity index (χ3n) is 2.05. The first-order chi connectivity index (χ1) is 6.33. The first-order valence-corrected chi connectivity index (χ1v) is 5.38. The fraction of sp³-hybridized carbons (Fsp3) is 1.00. The smallest absolute Gasteiger partial charge is 0.394 e. The molecule has 86 valence electrons. The number of hydrogen-bond acceptors (Lipinski definition) is 3. The summed E-state index contributed by atoms with van der Waals surface area (Å²) in [5.74, 6) is -0.0287. The van der Waals surface area contributed by atoms with Gasteiger partial charge in [-0.25, -0.2) is 0 Å². The maximum Gasteiger partial charge on any atom is 0.441 e. The van der Waals surface area contributed by atoms with E-state index in [1.807, 2.05) is 6.92 Å². The van der Waals surface area contributed by atoms with Crippen LogP contribution in [0.2, 0.25) is 0 Å². The van der Waals surface area contributed by atoms with Gasteiger partial charge in [-0.15, -0.1) is 0 Å². The monoisotopic (exact) mass is 231 g/mol. The van der Waals surface area contributed by atoms with Crippen LogP contribution >= 0.6 is 11.8 Å². The fourth-order valence-corrected chi connectivity index (χ4v) is 1.25. The molecule has 0 aromatic carbocycles. The average Bonchev–Trinajstić information content (AvgIpc) is 2.11. The van der Waals surface area contributed by atoms with E-state index in [0.717, 1.165) is 0 Å². The summed E-state index contributed by atoms with van der Waals surface area (Å²) < 4.78 is 35.2. The molecule has 0 aliphatic rings. The van der Waals surface area contributed by atoms with Crippen molar-refractivity contribution in [2.24, 2.45) is 0 Å². The van der Waals surface area contributed by atoms with Gasteiger partial charge in [0.1, 0.15) is 0 Å². The Balaban J connectivity index is 3.63. The molecule has 1 unspecified atom stereocenters. The van der Waals surface area contributed by atoms with Crippen LogP contribution in [0.15, 0.2) is 0 Å². The SMILES string of the molecule is CCC(C)(CO)NCCSC(F)(F)F. The van der Waals surface area contributed by atoms with Gasteiger partial charge in [-0.3, -0.25) is 0 Å². The topological polar surface area (TPSA) is 32.3 Å². The van der Waals surface area contributed by atoms with Crippen molar-refractivity contribution in [1.29, 1.82) is 0 Å². The number of thioether (sulfide) groups is 1. The van der Waals surface area contributed by atoms with E-state index in [1.54, 1.807) is 6.92 Å². The molecule has 0 bridgehead atoms. The van der Waals surface area contributed by atoms with Gasteiger partial charge in [-0.2, -0.15) is 13.2 Å². The molecule has 0 aromatic rings. The molecule has 2 N–H and O–H groups in total. The highest BCUT2D eigenvalue weighted by molar-refractivity contribution is 8.00. The zero-order valence-corrected chi connectivity index (χ0v) is 9.13. The minimum Gasteiger partial charge on any atom is -0.394 e. The number of rotatable bonds is 6. The Hall–Kier alpha value is 0.0600. The molecule has 6 heteroatoms. The molecule has 0 aliphatic heterocycles. The van der Waals surface area contributed by atoms with Gasteiger partial charge >= 0.3 is 5.51 Å². The standard InChI is InChI=1S/C8H16F3NOS/c1-3-7(2,6-13)12-4-5-14-8(9,10)11/h12-13H,3-6H2,1-2H3. The number of nitrogens with one attached hydrogen (secondary N) is 1. The zero-order chi connectivity index (χ0) is 11.2. The van der Waals surface area contributed by atoms with Crippen molar-refractivity contribution in [2.45, 2.75) is 31.3 Å². The Kier molecular flexibility index (Phi) is 5.85. The highest BCUT2D eigenvalue weighted by atomic mass is 32.2. The maximum absolute atomic E-state index is 11.7. The predicted molar refractivity (Wildman–Crippen MR) is 52.3 cm³/mol. The van der Waals surface area contributed by atoms with Gasteiger partial charge in [0.05, 0.1) is 6.61 Å². The van der Waals surface area contributed by atoms with E-state index in [-0.39, 0.29) is 30.7 Å². The van der Waals surface area contributed by atoms with E-state index >= 15 is 0 Å². The molecule has 0 amide bonds. The molecule has 0 aromatic heterocycles. The minimum absolute atomic E-state index is 0.0287. The number of hydrogen-bond donors (Lipinski definition) is 2. The van der Waals surface area contributed by atoms with Crippen molar-refractivity contribution in [3.05, 3.63) is 0 Å². The molecule has 1 atom stereocenters.